The monoisotopic (exact) mass is 273 g/mol. The van der Waals surface area contributed by atoms with Crippen LogP contribution in [0.25, 0.3) is 0 Å². The number of fused-ring (bicyclic) bond motifs is 2. The van der Waals surface area contributed by atoms with Crippen LogP contribution in [0.4, 0.5) is 0 Å². The van der Waals surface area contributed by atoms with Gasteiger partial charge in [0.25, 0.3) is 5.91 Å². The molecule has 4 heteroatoms. The van der Waals surface area contributed by atoms with Gasteiger partial charge in [-0.05, 0) is 43.2 Å². The SMILES string of the molecule is O=C(O)CC1CCC2CC1CN2C(=O)c1ccccc1. The average molecular weight is 273 g/mol. The zero-order chi connectivity index (χ0) is 14.1. The van der Waals surface area contributed by atoms with Crippen LogP contribution in [-0.2, 0) is 4.79 Å². The molecule has 2 fully saturated rings. The summed E-state index contributed by atoms with van der Waals surface area (Å²) in [5, 5.41) is 8.97. The Morgan fingerprint density at radius 2 is 1.95 bits per heavy atom. The summed E-state index contributed by atoms with van der Waals surface area (Å²) < 4.78 is 0. The van der Waals surface area contributed by atoms with Crippen molar-refractivity contribution in [3.8, 4) is 0 Å². The first kappa shape index (κ1) is 13.2. The highest BCUT2D eigenvalue weighted by Gasteiger charge is 2.43. The number of carbonyl (C=O) groups excluding carboxylic acids is 1. The summed E-state index contributed by atoms with van der Waals surface area (Å²) in [4.78, 5) is 25.4. The Morgan fingerprint density at radius 1 is 1.20 bits per heavy atom. The van der Waals surface area contributed by atoms with Gasteiger partial charge in [-0.15, -0.1) is 0 Å². The van der Waals surface area contributed by atoms with E-state index in [1.54, 1.807) is 0 Å². The van der Waals surface area contributed by atoms with Crippen LogP contribution in [0.15, 0.2) is 30.3 Å². The van der Waals surface area contributed by atoms with Crippen LogP contribution in [0.3, 0.4) is 0 Å². The molecular formula is C16H19NO3. The van der Waals surface area contributed by atoms with Crippen molar-refractivity contribution in [3.05, 3.63) is 35.9 Å². The van der Waals surface area contributed by atoms with E-state index in [0.29, 0.717) is 12.0 Å². The van der Waals surface area contributed by atoms with Gasteiger partial charge in [0.1, 0.15) is 0 Å². The van der Waals surface area contributed by atoms with E-state index in [1.165, 1.54) is 0 Å². The number of amides is 1. The van der Waals surface area contributed by atoms with Gasteiger partial charge in [0.05, 0.1) is 0 Å². The molecule has 1 saturated heterocycles. The summed E-state index contributed by atoms with van der Waals surface area (Å²) in [6.45, 7) is 0.719. The van der Waals surface area contributed by atoms with Gasteiger partial charge in [0.2, 0.25) is 0 Å². The quantitative estimate of drug-likeness (QED) is 0.920. The van der Waals surface area contributed by atoms with E-state index in [4.69, 9.17) is 5.11 Å². The lowest BCUT2D eigenvalue weighted by molar-refractivity contribution is -0.138. The summed E-state index contributed by atoms with van der Waals surface area (Å²) in [7, 11) is 0. The van der Waals surface area contributed by atoms with Crippen molar-refractivity contribution in [2.24, 2.45) is 11.8 Å². The molecule has 1 aliphatic heterocycles. The fourth-order valence-electron chi connectivity index (χ4n) is 3.70. The number of hydrogen-bond acceptors (Lipinski definition) is 2. The second kappa shape index (κ2) is 5.27. The fraction of sp³-hybridized carbons (Fsp3) is 0.500. The molecule has 0 spiro atoms. The van der Waals surface area contributed by atoms with Crippen molar-refractivity contribution < 1.29 is 14.7 Å². The Labute approximate surface area is 118 Å². The molecule has 1 N–H and O–H groups in total. The van der Waals surface area contributed by atoms with Gasteiger partial charge in [-0.1, -0.05) is 18.2 Å². The normalized spacial score (nSPS) is 28.4. The van der Waals surface area contributed by atoms with E-state index in [-0.39, 0.29) is 18.2 Å². The lowest BCUT2D eigenvalue weighted by Crippen LogP contribution is -2.35. The molecule has 3 atom stereocenters. The lowest BCUT2D eigenvalue weighted by Gasteiger charge is -2.27. The molecule has 1 heterocycles. The van der Waals surface area contributed by atoms with E-state index in [9.17, 15) is 9.59 Å². The van der Waals surface area contributed by atoms with Crippen LogP contribution >= 0.6 is 0 Å². The Hall–Kier alpha value is -1.84. The van der Waals surface area contributed by atoms with Gasteiger partial charge in [-0.3, -0.25) is 9.59 Å². The van der Waals surface area contributed by atoms with E-state index in [1.807, 2.05) is 35.2 Å². The number of likely N-dealkylation sites (tertiary alicyclic amines) is 1. The molecule has 1 aliphatic carbocycles. The number of rotatable bonds is 3. The van der Waals surface area contributed by atoms with Crippen LogP contribution in [0, 0.1) is 11.8 Å². The van der Waals surface area contributed by atoms with Gasteiger partial charge >= 0.3 is 5.97 Å². The minimum absolute atomic E-state index is 0.0917. The molecule has 1 amide bonds. The molecule has 3 rings (SSSR count). The van der Waals surface area contributed by atoms with Crippen molar-refractivity contribution in [2.75, 3.05) is 6.54 Å². The second-order valence-corrected chi connectivity index (χ2v) is 5.91. The van der Waals surface area contributed by atoms with Gasteiger partial charge in [0, 0.05) is 24.6 Å². The van der Waals surface area contributed by atoms with Crippen molar-refractivity contribution in [1.82, 2.24) is 4.90 Å². The highest BCUT2D eigenvalue weighted by atomic mass is 16.4. The number of carbonyl (C=O) groups is 2. The molecule has 3 unspecified atom stereocenters. The minimum atomic E-state index is -0.721. The molecule has 2 bridgehead atoms. The summed E-state index contributed by atoms with van der Waals surface area (Å²) >= 11 is 0. The standard InChI is InChI=1S/C16H19NO3/c18-15(19)9-12-6-7-14-8-13(12)10-17(14)16(20)11-4-2-1-3-5-11/h1-5,12-14H,6-10H2,(H,18,19). The first-order valence-corrected chi connectivity index (χ1v) is 7.23. The van der Waals surface area contributed by atoms with Crippen LogP contribution in [0.5, 0.6) is 0 Å². The van der Waals surface area contributed by atoms with E-state index in [0.717, 1.165) is 31.4 Å². The Morgan fingerprint density at radius 3 is 2.65 bits per heavy atom. The van der Waals surface area contributed by atoms with Crippen LogP contribution in [0.1, 0.15) is 36.0 Å². The highest BCUT2D eigenvalue weighted by Crippen LogP contribution is 2.41. The molecule has 106 valence electrons. The number of carboxylic acids is 1. The third kappa shape index (κ3) is 2.42. The summed E-state index contributed by atoms with van der Waals surface area (Å²) in [5.41, 5.74) is 0.731. The molecule has 1 saturated carbocycles. The third-order valence-corrected chi connectivity index (χ3v) is 4.70. The molecule has 4 nitrogen and oxygen atoms in total. The van der Waals surface area contributed by atoms with Gasteiger partial charge < -0.3 is 10.0 Å². The predicted molar refractivity (Wildman–Crippen MR) is 74.4 cm³/mol. The largest absolute Gasteiger partial charge is 0.481 e. The predicted octanol–water partition coefficient (Wildman–Crippen LogP) is 2.40. The zero-order valence-corrected chi connectivity index (χ0v) is 11.4. The Balaban J connectivity index is 1.72. The van der Waals surface area contributed by atoms with Crippen molar-refractivity contribution in [2.45, 2.75) is 31.7 Å². The van der Waals surface area contributed by atoms with Gasteiger partial charge in [-0.25, -0.2) is 0 Å². The maximum absolute atomic E-state index is 12.5. The van der Waals surface area contributed by atoms with Crippen molar-refractivity contribution in [3.63, 3.8) is 0 Å². The summed E-state index contributed by atoms with van der Waals surface area (Å²) in [6.07, 6.45) is 3.08. The summed E-state index contributed by atoms with van der Waals surface area (Å²) in [6, 6.07) is 9.66. The molecule has 1 aromatic carbocycles. The van der Waals surface area contributed by atoms with Gasteiger partial charge in [-0.2, -0.15) is 0 Å². The lowest BCUT2D eigenvalue weighted by atomic mass is 9.78. The van der Waals surface area contributed by atoms with E-state index < -0.39 is 5.97 Å². The minimum Gasteiger partial charge on any atom is -0.481 e. The van der Waals surface area contributed by atoms with Crippen molar-refractivity contribution >= 4 is 11.9 Å². The average Bonchev–Trinajstić information content (AvgIpc) is 2.80. The van der Waals surface area contributed by atoms with Crippen LogP contribution in [-0.4, -0.2) is 34.5 Å². The zero-order valence-electron chi connectivity index (χ0n) is 11.4. The van der Waals surface area contributed by atoms with Crippen LogP contribution < -0.4 is 0 Å². The van der Waals surface area contributed by atoms with Crippen molar-refractivity contribution in [1.29, 1.82) is 0 Å². The Bertz CT molecular complexity index is 514. The number of nitrogens with zero attached hydrogens (tertiary/aromatic N) is 1. The topological polar surface area (TPSA) is 57.6 Å². The number of carboxylic acid groups (broad SMARTS) is 1. The number of hydrogen-bond donors (Lipinski definition) is 1. The van der Waals surface area contributed by atoms with Crippen LogP contribution in [0.2, 0.25) is 0 Å². The molecule has 0 aromatic heterocycles. The highest BCUT2D eigenvalue weighted by molar-refractivity contribution is 5.94. The molecule has 1 aromatic rings. The molecule has 20 heavy (non-hydrogen) atoms. The molecule has 2 aliphatic rings. The van der Waals surface area contributed by atoms with E-state index >= 15 is 0 Å². The first-order chi connectivity index (χ1) is 9.65. The maximum atomic E-state index is 12.5. The van der Waals surface area contributed by atoms with Gasteiger partial charge in [0.15, 0.2) is 0 Å². The third-order valence-electron chi connectivity index (χ3n) is 4.70. The first-order valence-electron chi connectivity index (χ1n) is 7.23. The van der Waals surface area contributed by atoms with E-state index in [2.05, 4.69) is 0 Å². The second-order valence-electron chi connectivity index (χ2n) is 5.91. The number of aliphatic carboxylic acids is 1. The summed E-state index contributed by atoms with van der Waals surface area (Å²) in [5.74, 6) is -0.0369. The number of benzene rings is 1. The smallest absolute Gasteiger partial charge is 0.303 e. The molecule has 0 radical (unpaired) electrons. The molecular weight excluding hydrogens is 254 g/mol. The fourth-order valence-corrected chi connectivity index (χ4v) is 3.70. The Kier molecular flexibility index (Phi) is 3.47. The maximum Gasteiger partial charge on any atom is 0.303 e.